The zero-order valence-corrected chi connectivity index (χ0v) is 12.4. The molecule has 1 heterocycles. The Morgan fingerprint density at radius 1 is 1.43 bits per heavy atom. The Hall–Kier alpha value is -1.93. The Labute approximate surface area is 126 Å². The molecule has 0 amide bonds. The van der Waals surface area contributed by atoms with Crippen molar-refractivity contribution in [2.24, 2.45) is 0 Å². The second kappa shape index (κ2) is 7.75. The zero-order valence-electron chi connectivity index (χ0n) is 11.5. The monoisotopic (exact) mass is 308 g/mol. The van der Waals surface area contributed by atoms with E-state index in [9.17, 15) is 9.90 Å². The van der Waals surface area contributed by atoms with Crippen LogP contribution in [0.3, 0.4) is 0 Å². The lowest BCUT2D eigenvalue weighted by Gasteiger charge is -2.09. The summed E-state index contributed by atoms with van der Waals surface area (Å²) < 4.78 is 6.37. The second-order valence-corrected chi connectivity index (χ2v) is 5.17. The van der Waals surface area contributed by atoms with Crippen molar-refractivity contribution >= 4 is 17.7 Å². The third-order valence-electron chi connectivity index (χ3n) is 2.55. The van der Waals surface area contributed by atoms with Crippen molar-refractivity contribution in [3.05, 3.63) is 30.3 Å². The van der Waals surface area contributed by atoms with Gasteiger partial charge in [-0.05, 0) is 29.5 Å². The molecule has 0 aliphatic carbocycles. The van der Waals surface area contributed by atoms with Gasteiger partial charge in [0.1, 0.15) is 0 Å². The Bertz CT molecular complexity index is 576. The van der Waals surface area contributed by atoms with E-state index >= 15 is 0 Å². The lowest BCUT2D eigenvalue weighted by molar-refractivity contribution is -0.144. The number of para-hydroxylation sites is 1. The van der Waals surface area contributed by atoms with Crippen molar-refractivity contribution in [3.8, 4) is 5.69 Å². The number of ether oxygens (including phenoxy) is 1. The molecule has 1 aromatic carbocycles. The molecule has 1 aromatic heterocycles. The molecule has 112 valence electrons. The number of benzene rings is 1. The standard InChI is InChI=1S/C13H16N4O3S/c1-2-20-12(19)8-11(18)9-21-13-14-15-16-17(13)10-6-4-3-5-7-10/h3-7,11,18H,2,8-9H2,1H3. The molecule has 0 aliphatic rings. The fourth-order valence-electron chi connectivity index (χ4n) is 1.64. The van der Waals surface area contributed by atoms with E-state index in [1.807, 2.05) is 30.3 Å². The Kier molecular flexibility index (Phi) is 5.70. The molecule has 1 atom stereocenters. The summed E-state index contributed by atoms with van der Waals surface area (Å²) in [6.45, 7) is 2.04. The fourth-order valence-corrected chi connectivity index (χ4v) is 2.46. The third-order valence-corrected chi connectivity index (χ3v) is 3.62. The number of carbonyl (C=O) groups excluding carboxylic acids is 1. The smallest absolute Gasteiger partial charge is 0.308 e. The highest BCUT2D eigenvalue weighted by Gasteiger charge is 2.15. The highest BCUT2D eigenvalue weighted by atomic mass is 32.2. The first kappa shape index (κ1) is 15.5. The number of aliphatic hydroxyl groups is 1. The predicted molar refractivity (Wildman–Crippen MR) is 77.1 cm³/mol. The van der Waals surface area contributed by atoms with Crippen LogP contribution in [0.1, 0.15) is 13.3 Å². The Morgan fingerprint density at radius 3 is 2.90 bits per heavy atom. The van der Waals surface area contributed by atoms with Gasteiger partial charge in [0.05, 0.1) is 24.8 Å². The minimum Gasteiger partial charge on any atom is -0.466 e. The van der Waals surface area contributed by atoms with E-state index in [2.05, 4.69) is 15.5 Å². The maximum Gasteiger partial charge on any atom is 0.308 e. The van der Waals surface area contributed by atoms with Crippen LogP contribution in [-0.2, 0) is 9.53 Å². The lowest BCUT2D eigenvalue weighted by Crippen LogP contribution is -2.18. The molecule has 0 saturated heterocycles. The number of aromatic nitrogens is 4. The van der Waals surface area contributed by atoms with E-state index in [1.54, 1.807) is 11.6 Å². The summed E-state index contributed by atoms with van der Waals surface area (Å²) in [5, 5.41) is 21.8. The minimum atomic E-state index is -0.796. The molecule has 0 fully saturated rings. The lowest BCUT2D eigenvalue weighted by atomic mass is 10.3. The van der Waals surface area contributed by atoms with Gasteiger partial charge >= 0.3 is 5.97 Å². The van der Waals surface area contributed by atoms with Crippen LogP contribution in [0.2, 0.25) is 0 Å². The molecule has 1 N–H and O–H groups in total. The minimum absolute atomic E-state index is 0.0340. The van der Waals surface area contributed by atoms with Gasteiger partial charge in [0.2, 0.25) is 5.16 Å². The normalized spacial score (nSPS) is 12.1. The first-order chi connectivity index (χ1) is 10.2. The quantitative estimate of drug-likeness (QED) is 0.604. The van der Waals surface area contributed by atoms with Gasteiger partial charge in [0.25, 0.3) is 0 Å². The number of nitrogens with zero attached hydrogens (tertiary/aromatic N) is 4. The number of tetrazole rings is 1. The highest BCUT2D eigenvalue weighted by molar-refractivity contribution is 7.99. The van der Waals surface area contributed by atoms with E-state index < -0.39 is 12.1 Å². The van der Waals surface area contributed by atoms with Gasteiger partial charge in [-0.3, -0.25) is 4.79 Å². The number of esters is 1. The number of rotatable bonds is 7. The highest BCUT2D eigenvalue weighted by Crippen LogP contribution is 2.19. The van der Waals surface area contributed by atoms with Crippen molar-refractivity contribution < 1.29 is 14.6 Å². The molecule has 8 heteroatoms. The molecular formula is C13H16N4O3S. The Morgan fingerprint density at radius 2 is 2.19 bits per heavy atom. The molecule has 2 aromatic rings. The van der Waals surface area contributed by atoms with Gasteiger partial charge in [-0.1, -0.05) is 30.0 Å². The van der Waals surface area contributed by atoms with Gasteiger partial charge in [0, 0.05) is 5.75 Å². The van der Waals surface area contributed by atoms with E-state index in [0.29, 0.717) is 17.5 Å². The fraction of sp³-hybridized carbons (Fsp3) is 0.385. The van der Waals surface area contributed by atoms with Gasteiger partial charge in [-0.2, -0.15) is 4.68 Å². The van der Waals surface area contributed by atoms with Crippen LogP contribution >= 0.6 is 11.8 Å². The summed E-state index contributed by atoms with van der Waals surface area (Å²) >= 11 is 1.29. The predicted octanol–water partition coefficient (Wildman–Crippen LogP) is 1.07. The first-order valence-electron chi connectivity index (χ1n) is 6.51. The number of hydrogen-bond acceptors (Lipinski definition) is 7. The summed E-state index contributed by atoms with van der Waals surface area (Å²) in [7, 11) is 0. The molecule has 0 aliphatic heterocycles. The van der Waals surface area contributed by atoms with Gasteiger partial charge in [-0.25, -0.2) is 0 Å². The van der Waals surface area contributed by atoms with E-state index in [-0.39, 0.29) is 6.42 Å². The summed E-state index contributed by atoms with van der Waals surface area (Å²) in [4.78, 5) is 11.3. The largest absolute Gasteiger partial charge is 0.466 e. The Balaban J connectivity index is 1.93. The second-order valence-electron chi connectivity index (χ2n) is 4.18. The summed E-state index contributed by atoms with van der Waals surface area (Å²) in [6, 6.07) is 9.46. The molecule has 0 radical (unpaired) electrons. The molecule has 0 bridgehead atoms. The molecule has 0 spiro atoms. The maximum atomic E-state index is 11.3. The van der Waals surface area contributed by atoms with E-state index in [0.717, 1.165) is 5.69 Å². The van der Waals surface area contributed by atoms with E-state index in [4.69, 9.17) is 4.74 Å². The van der Waals surface area contributed by atoms with Gasteiger partial charge < -0.3 is 9.84 Å². The van der Waals surface area contributed by atoms with Crippen molar-refractivity contribution in [2.75, 3.05) is 12.4 Å². The number of hydrogen-bond donors (Lipinski definition) is 1. The molecule has 7 nitrogen and oxygen atoms in total. The number of carbonyl (C=O) groups is 1. The third kappa shape index (κ3) is 4.54. The molecular weight excluding hydrogens is 292 g/mol. The average molecular weight is 308 g/mol. The average Bonchev–Trinajstić information content (AvgIpc) is 2.94. The molecule has 2 rings (SSSR count). The first-order valence-corrected chi connectivity index (χ1v) is 7.49. The van der Waals surface area contributed by atoms with Crippen LogP contribution < -0.4 is 0 Å². The van der Waals surface area contributed by atoms with Crippen LogP contribution in [0.25, 0.3) is 5.69 Å². The molecule has 0 saturated carbocycles. The van der Waals surface area contributed by atoms with Crippen LogP contribution in [0.4, 0.5) is 0 Å². The van der Waals surface area contributed by atoms with Crippen LogP contribution in [0, 0.1) is 0 Å². The topological polar surface area (TPSA) is 90.1 Å². The van der Waals surface area contributed by atoms with E-state index in [1.165, 1.54) is 11.8 Å². The summed E-state index contributed by atoms with van der Waals surface area (Å²) in [5.74, 6) is -0.0975. The van der Waals surface area contributed by atoms with Crippen LogP contribution in [-0.4, -0.2) is 49.7 Å². The van der Waals surface area contributed by atoms with Crippen molar-refractivity contribution in [3.63, 3.8) is 0 Å². The van der Waals surface area contributed by atoms with Crippen LogP contribution in [0.15, 0.2) is 35.5 Å². The maximum absolute atomic E-state index is 11.3. The van der Waals surface area contributed by atoms with Gasteiger partial charge in [-0.15, -0.1) is 5.10 Å². The van der Waals surface area contributed by atoms with Crippen LogP contribution in [0.5, 0.6) is 0 Å². The SMILES string of the molecule is CCOC(=O)CC(O)CSc1nnnn1-c1ccccc1. The number of aliphatic hydroxyl groups excluding tert-OH is 1. The van der Waals surface area contributed by atoms with Crippen molar-refractivity contribution in [1.82, 2.24) is 20.2 Å². The molecule has 1 unspecified atom stereocenters. The van der Waals surface area contributed by atoms with Crippen molar-refractivity contribution in [1.29, 1.82) is 0 Å². The van der Waals surface area contributed by atoms with Gasteiger partial charge in [0.15, 0.2) is 0 Å². The molecule has 21 heavy (non-hydrogen) atoms. The summed E-state index contributed by atoms with van der Waals surface area (Å²) in [5.41, 5.74) is 0.838. The summed E-state index contributed by atoms with van der Waals surface area (Å²) in [6.07, 6.45) is -0.830. The zero-order chi connectivity index (χ0) is 15.1. The number of thioether (sulfide) groups is 1. The van der Waals surface area contributed by atoms with Crippen molar-refractivity contribution in [2.45, 2.75) is 24.6 Å².